The summed E-state index contributed by atoms with van der Waals surface area (Å²) in [6, 6.07) is 0. The largest absolute Gasteiger partial charge is 0.260 e. The zero-order valence-corrected chi connectivity index (χ0v) is 5.94. The molecule has 0 atom stereocenters. The van der Waals surface area contributed by atoms with Crippen LogP contribution in [0, 0.1) is 0 Å². The van der Waals surface area contributed by atoms with E-state index in [-0.39, 0.29) is 22.6 Å². The summed E-state index contributed by atoms with van der Waals surface area (Å²) in [5.41, 5.74) is -0.0483. The van der Waals surface area contributed by atoms with Crippen LogP contribution >= 0.6 is 15.9 Å². The lowest BCUT2D eigenvalue weighted by molar-refractivity contribution is 0.474. The van der Waals surface area contributed by atoms with Crippen LogP contribution in [0.2, 0.25) is 0 Å². The van der Waals surface area contributed by atoms with Crippen LogP contribution in [0.5, 0.6) is 0 Å². The number of alkyl halides is 1. The second-order valence-electron chi connectivity index (χ2n) is 1.32. The predicted molar refractivity (Wildman–Crippen MR) is 34.5 cm³/mol. The van der Waals surface area contributed by atoms with Gasteiger partial charge in [0, 0.05) is 0 Å². The minimum atomic E-state index is -0.829. The van der Waals surface area contributed by atoms with Crippen molar-refractivity contribution in [3.05, 3.63) is 22.6 Å². The molecule has 0 saturated carbocycles. The molecule has 1 heterocycles. The summed E-state index contributed by atoms with van der Waals surface area (Å²) in [5.74, 6) is 0. The predicted octanol–water partition coefficient (Wildman–Crippen LogP) is 1.71. The van der Waals surface area contributed by atoms with Crippen molar-refractivity contribution in [1.82, 2.24) is 9.97 Å². The van der Waals surface area contributed by atoms with Crippen molar-refractivity contribution in [3.63, 3.8) is 0 Å². The Morgan fingerprint density at radius 2 is 2.56 bits per heavy atom. The number of rotatable bonds is 1. The minimum absolute atomic E-state index is 0.0483. The number of aromatic nitrogens is 2. The van der Waals surface area contributed by atoms with Gasteiger partial charge in [0.25, 0.3) is 0 Å². The van der Waals surface area contributed by atoms with Crippen LogP contribution in [0.25, 0.3) is 0 Å². The van der Waals surface area contributed by atoms with E-state index < -0.39 is 6.67 Å². The van der Waals surface area contributed by atoms with Crippen LogP contribution in [-0.2, 0) is 6.67 Å². The fourth-order valence-electron chi connectivity index (χ4n) is 0.367. The Kier molecular flexibility index (Phi) is 1.38. The first kappa shape index (κ1) is 4.33. The smallest absolute Gasteiger partial charge is 0.133 e. The van der Waals surface area contributed by atoms with E-state index in [0.717, 1.165) is 0 Å². The highest BCUT2D eigenvalue weighted by Crippen LogP contribution is 2.03. The van der Waals surface area contributed by atoms with Crippen molar-refractivity contribution in [2.24, 2.45) is 0 Å². The van der Waals surface area contributed by atoms with Crippen molar-refractivity contribution in [1.29, 1.82) is 0 Å². The number of halogens is 2. The van der Waals surface area contributed by atoms with E-state index in [9.17, 15) is 4.39 Å². The Morgan fingerprint density at radius 1 is 1.78 bits per heavy atom. The van der Waals surface area contributed by atoms with E-state index in [1.807, 2.05) is 0 Å². The van der Waals surface area contributed by atoms with Gasteiger partial charge in [-0.15, -0.1) is 0 Å². The normalized spacial score (nSPS) is 12.7. The first-order valence-electron chi connectivity index (χ1n) is 3.20. The number of hydrogen-bond acceptors (Lipinski definition) is 2. The second-order valence-corrected chi connectivity index (χ2v) is 2.07. The molecule has 0 N–H and O–H groups in total. The summed E-state index contributed by atoms with van der Waals surface area (Å²) in [6.45, 7) is -0.829. The Morgan fingerprint density at radius 3 is 3.22 bits per heavy atom. The molecule has 0 aliphatic heterocycles. The van der Waals surface area contributed by atoms with Crippen LogP contribution < -0.4 is 0 Å². The summed E-state index contributed by atoms with van der Waals surface area (Å²) in [6.07, 6.45) is -0.423. The molecule has 9 heavy (non-hydrogen) atoms. The van der Waals surface area contributed by atoms with Crippen LogP contribution in [-0.4, -0.2) is 9.97 Å². The lowest BCUT2D eigenvalue weighted by atomic mass is 10.5. The van der Waals surface area contributed by atoms with Gasteiger partial charge in [0.1, 0.15) is 11.3 Å². The van der Waals surface area contributed by atoms with Gasteiger partial charge in [-0.25, -0.2) is 9.37 Å². The summed E-state index contributed by atoms with van der Waals surface area (Å²) < 4.78 is 26.3. The van der Waals surface area contributed by atoms with E-state index in [1.165, 1.54) is 0 Å². The third-order valence-corrected chi connectivity index (χ3v) is 1.05. The summed E-state index contributed by atoms with van der Waals surface area (Å²) in [7, 11) is 0. The standard InChI is InChI=1S/C5H4BrFN2/c6-5-3-8-2-4(1-7)9-5/h2-3H,1H2/i2D,3D. The fraction of sp³-hybridized carbons (Fsp3) is 0.200. The Balaban J connectivity index is 3.21. The van der Waals surface area contributed by atoms with Crippen molar-refractivity contribution in [3.8, 4) is 0 Å². The molecule has 0 radical (unpaired) electrons. The molecule has 0 bridgehead atoms. The maximum absolute atomic E-state index is 12.0. The summed E-state index contributed by atoms with van der Waals surface area (Å²) in [4.78, 5) is 7.02. The van der Waals surface area contributed by atoms with E-state index in [2.05, 4.69) is 25.9 Å². The van der Waals surface area contributed by atoms with Gasteiger partial charge >= 0.3 is 0 Å². The van der Waals surface area contributed by atoms with Crippen molar-refractivity contribution in [2.75, 3.05) is 0 Å². The lowest BCUT2D eigenvalue weighted by Gasteiger charge is -1.90. The molecule has 0 aliphatic carbocycles. The molecule has 0 fully saturated rings. The highest BCUT2D eigenvalue weighted by molar-refractivity contribution is 9.10. The van der Waals surface area contributed by atoms with Gasteiger partial charge in [-0.2, -0.15) is 0 Å². The Labute approximate surface area is 63.1 Å². The average Bonchev–Trinajstić information content (AvgIpc) is 1.97. The van der Waals surface area contributed by atoms with E-state index >= 15 is 0 Å². The minimum Gasteiger partial charge on any atom is -0.260 e. The first-order chi connectivity index (χ1) is 5.15. The molecular weight excluding hydrogens is 187 g/mol. The maximum Gasteiger partial charge on any atom is 0.133 e. The summed E-state index contributed by atoms with van der Waals surface area (Å²) in [5, 5.41) is 0. The molecule has 1 aromatic rings. The van der Waals surface area contributed by atoms with Gasteiger partial charge in [0.05, 0.1) is 20.8 Å². The van der Waals surface area contributed by atoms with Gasteiger partial charge in [-0.3, -0.25) is 4.98 Å². The fourth-order valence-corrected chi connectivity index (χ4v) is 0.670. The average molecular weight is 193 g/mol. The quantitative estimate of drug-likeness (QED) is 0.678. The van der Waals surface area contributed by atoms with Crippen molar-refractivity contribution >= 4 is 15.9 Å². The second kappa shape index (κ2) is 2.87. The number of hydrogen-bond donors (Lipinski definition) is 0. The molecule has 1 aromatic heterocycles. The molecule has 0 unspecified atom stereocenters. The van der Waals surface area contributed by atoms with Crippen LogP contribution in [0.3, 0.4) is 0 Å². The lowest BCUT2D eigenvalue weighted by Crippen LogP contribution is -1.86. The molecule has 0 amide bonds. The van der Waals surface area contributed by atoms with Gasteiger partial charge in [0.2, 0.25) is 0 Å². The van der Waals surface area contributed by atoms with E-state index in [0.29, 0.717) is 0 Å². The van der Waals surface area contributed by atoms with Gasteiger partial charge < -0.3 is 0 Å². The SMILES string of the molecule is [2H]c1nc([2H])c(CF)nc1Br. The molecule has 0 saturated heterocycles. The highest BCUT2D eigenvalue weighted by atomic mass is 79.9. The van der Waals surface area contributed by atoms with Gasteiger partial charge in [-0.05, 0) is 15.9 Å². The molecule has 0 aliphatic rings. The zero-order chi connectivity index (χ0) is 8.43. The third kappa shape index (κ3) is 1.71. The van der Waals surface area contributed by atoms with Gasteiger partial charge in [-0.1, -0.05) is 0 Å². The first-order valence-corrected chi connectivity index (χ1v) is 3.00. The van der Waals surface area contributed by atoms with E-state index in [1.54, 1.807) is 0 Å². The van der Waals surface area contributed by atoms with Crippen LogP contribution in [0.1, 0.15) is 8.44 Å². The zero-order valence-electron chi connectivity index (χ0n) is 6.36. The van der Waals surface area contributed by atoms with Gasteiger partial charge in [0.15, 0.2) is 0 Å². The van der Waals surface area contributed by atoms with Crippen molar-refractivity contribution < 1.29 is 7.13 Å². The maximum atomic E-state index is 12.0. The van der Waals surface area contributed by atoms with E-state index in [4.69, 9.17) is 2.74 Å². The Bertz CT molecular complexity index is 281. The third-order valence-electron chi connectivity index (χ3n) is 0.693. The van der Waals surface area contributed by atoms with Crippen LogP contribution in [0.15, 0.2) is 16.9 Å². The molecule has 0 spiro atoms. The molecule has 48 valence electrons. The molecule has 1 rings (SSSR count). The topological polar surface area (TPSA) is 25.8 Å². The van der Waals surface area contributed by atoms with Crippen molar-refractivity contribution in [2.45, 2.75) is 6.67 Å². The monoisotopic (exact) mass is 192 g/mol. The number of nitrogens with zero attached hydrogens (tertiary/aromatic N) is 2. The highest BCUT2D eigenvalue weighted by Gasteiger charge is 1.92. The summed E-state index contributed by atoms with van der Waals surface area (Å²) >= 11 is 2.91. The Hall–Kier alpha value is -0.510. The molecule has 4 heteroatoms. The molecule has 0 aromatic carbocycles. The van der Waals surface area contributed by atoms with Crippen LogP contribution in [0.4, 0.5) is 4.39 Å². The molecule has 2 nitrogen and oxygen atoms in total. The molecular formula is C5H4BrFN2.